The summed E-state index contributed by atoms with van der Waals surface area (Å²) in [6.07, 6.45) is 2.31. The van der Waals surface area contributed by atoms with Crippen LogP contribution in [0.2, 0.25) is 0 Å². The van der Waals surface area contributed by atoms with E-state index in [2.05, 4.69) is 6.07 Å². The van der Waals surface area contributed by atoms with Crippen molar-refractivity contribution >= 4 is 43.4 Å². The molecule has 1 aromatic heterocycles. The fourth-order valence-electron chi connectivity index (χ4n) is 2.20. The zero-order valence-electron chi connectivity index (χ0n) is 12.1. The van der Waals surface area contributed by atoms with E-state index in [0.717, 1.165) is 25.9 Å². The number of hydrogen-bond donors (Lipinski definition) is 0. The Morgan fingerprint density at radius 3 is 2.71 bits per heavy atom. The maximum absolute atomic E-state index is 10.7. The van der Waals surface area contributed by atoms with Crippen molar-refractivity contribution in [3.05, 3.63) is 17.1 Å². The lowest BCUT2D eigenvalue weighted by molar-refractivity contribution is -0.672. The highest BCUT2D eigenvalue weighted by molar-refractivity contribution is 7.98. The Morgan fingerprint density at radius 1 is 1.43 bits per heavy atom. The Kier molecular flexibility index (Phi) is 5.13. The van der Waals surface area contributed by atoms with Crippen LogP contribution in [0.15, 0.2) is 17.0 Å². The van der Waals surface area contributed by atoms with Crippen LogP contribution in [-0.2, 0) is 16.7 Å². The van der Waals surface area contributed by atoms with Gasteiger partial charge in [0.2, 0.25) is 10.5 Å². The Morgan fingerprint density at radius 2 is 2.14 bits per heavy atom. The molecule has 5 nitrogen and oxygen atoms in total. The molecule has 0 saturated carbocycles. The number of thioether (sulfide) groups is 1. The van der Waals surface area contributed by atoms with E-state index < -0.39 is 10.1 Å². The first-order valence-corrected chi connectivity index (χ1v) is 9.96. The number of rotatable bonds is 6. The van der Waals surface area contributed by atoms with Gasteiger partial charge < -0.3 is 9.29 Å². The van der Waals surface area contributed by atoms with Crippen molar-refractivity contribution in [3.8, 4) is 5.75 Å². The van der Waals surface area contributed by atoms with Gasteiger partial charge in [-0.05, 0) is 12.3 Å². The molecule has 0 bridgehead atoms. The molecule has 1 heterocycles. The maximum Gasteiger partial charge on any atom is 0.235 e. The third-order valence-corrected chi connectivity index (χ3v) is 5.78. The van der Waals surface area contributed by atoms with E-state index in [1.54, 1.807) is 30.2 Å². The molecule has 0 amide bonds. The summed E-state index contributed by atoms with van der Waals surface area (Å²) >= 11 is 3.27. The largest absolute Gasteiger partial charge is 0.748 e. The number of benzene rings is 1. The van der Waals surface area contributed by atoms with Crippen LogP contribution in [0.4, 0.5) is 0 Å². The number of fused-ring (bicyclic) bond motifs is 1. The lowest BCUT2D eigenvalue weighted by Gasteiger charge is -2.06. The number of aromatic nitrogens is 1. The standard InChI is InChI=1S/C13H17NO4S3/c1-9-14(5-4-6-21(15,16)17)10-7-11(18-2)13(19-3)8-12(10)20-9/h7-8H,4-6H2,1-3H3. The van der Waals surface area contributed by atoms with E-state index in [1.807, 2.05) is 23.8 Å². The first-order chi connectivity index (χ1) is 9.85. The third kappa shape index (κ3) is 3.88. The molecule has 0 atom stereocenters. The topological polar surface area (TPSA) is 70.3 Å². The minimum absolute atomic E-state index is 0.315. The molecule has 0 aliphatic carbocycles. The summed E-state index contributed by atoms with van der Waals surface area (Å²) in [5, 5.41) is 1.08. The van der Waals surface area contributed by atoms with E-state index in [-0.39, 0.29) is 5.75 Å². The van der Waals surface area contributed by atoms with Gasteiger partial charge in [-0.3, -0.25) is 0 Å². The first-order valence-electron chi connectivity index (χ1n) is 6.34. The molecule has 0 spiro atoms. The molecule has 0 radical (unpaired) electrons. The number of hydrogen-bond acceptors (Lipinski definition) is 6. The Labute approximate surface area is 132 Å². The maximum atomic E-state index is 10.7. The summed E-state index contributed by atoms with van der Waals surface area (Å²) < 4.78 is 40.7. The average molecular weight is 347 g/mol. The summed E-state index contributed by atoms with van der Waals surface area (Å²) in [6.45, 7) is 2.50. The highest BCUT2D eigenvalue weighted by Crippen LogP contribution is 2.33. The predicted octanol–water partition coefficient (Wildman–Crippen LogP) is 2.16. The average Bonchev–Trinajstić information content (AvgIpc) is 2.71. The minimum Gasteiger partial charge on any atom is -0.748 e. The molecule has 2 aromatic rings. The van der Waals surface area contributed by atoms with Gasteiger partial charge in [-0.2, -0.15) is 4.57 Å². The van der Waals surface area contributed by atoms with E-state index >= 15 is 0 Å². The minimum atomic E-state index is -4.15. The smallest absolute Gasteiger partial charge is 0.235 e. The van der Waals surface area contributed by atoms with Crippen molar-refractivity contribution in [1.82, 2.24) is 0 Å². The molecule has 0 aliphatic rings. The summed E-state index contributed by atoms with van der Waals surface area (Å²) in [7, 11) is -2.52. The molecule has 0 N–H and O–H groups in total. The van der Waals surface area contributed by atoms with Crippen LogP contribution < -0.4 is 9.30 Å². The summed E-state index contributed by atoms with van der Waals surface area (Å²) in [6, 6.07) is 4.05. The lowest BCUT2D eigenvalue weighted by Crippen LogP contribution is -2.35. The molecule has 0 aliphatic heterocycles. The molecular formula is C13H17NO4S3. The van der Waals surface area contributed by atoms with E-state index in [9.17, 15) is 13.0 Å². The van der Waals surface area contributed by atoms with Gasteiger partial charge in [0.1, 0.15) is 10.4 Å². The normalized spacial score (nSPS) is 12.0. The Balaban J connectivity index is 2.37. The van der Waals surface area contributed by atoms with Crippen LogP contribution in [0, 0.1) is 6.92 Å². The van der Waals surface area contributed by atoms with Crippen LogP contribution in [0.1, 0.15) is 11.4 Å². The molecule has 2 rings (SSSR count). The molecule has 8 heteroatoms. The lowest BCUT2D eigenvalue weighted by atomic mass is 10.3. The Hall–Kier alpha value is -0.830. The van der Waals surface area contributed by atoms with Crippen LogP contribution in [0.5, 0.6) is 5.75 Å². The second-order valence-corrected chi connectivity index (χ2v) is 8.17. The van der Waals surface area contributed by atoms with Gasteiger partial charge in [0.05, 0.1) is 28.2 Å². The number of thiazole rings is 1. The number of methoxy groups -OCH3 is 1. The summed E-state index contributed by atoms with van der Waals surface area (Å²) in [5.74, 6) is 0.467. The van der Waals surface area contributed by atoms with Crippen molar-refractivity contribution in [3.63, 3.8) is 0 Å². The zero-order valence-corrected chi connectivity index (χ0v) is 14.5. The Bertz CT molecular complexity index is 752. The first kappa shape index (κ1) is 16.5. The summed E-state index contributed by atoms with van der Waals surface area (Å²) in [5.41, 5.74) is 1.01. The van der Waals surface area contributed by atoms with Gasteiger partial charge in [0, 0.05) is 19.1 Å². The van der Waals surface area contributed by atoms with Gasteiger partial charge in [-0.1, -0.05) is 11.3 Å². The summed E-state index contributed by atoms with van der Waals surface area (Å²) in [4.78, 5) is 1.07. The van der Waals surface area contributed by atoms with Gasteiger partial charge in [-0.15, -0.1) is 11.8 Å². The molecule has 0 fully saturated rings. The number of nitrogens with zero attached hydrogens (tertiary/aromatic N) is 1. The van der Waals surface area contributed by atoms with Crippen molar-refractivity contribution in [1.29, 1.82) is 0 Å². The second-order valence-electron chi connectivity index (χ2n) is 4.56. The monoisotopic (exact) mass is 347 g/mol. The van der Waals surface area contributed by atoms with E-state index in [1.165, 1.54) is 0 Å². The molecule has 21 heavy (non-hydrogen) atoms. The second kappa shape index (κ2) is 6.51. The fourth-order valence-corrected chi connectivity index (χ4v) is 4.41. The van der Waals surface area contributed by atoms with E-state index in [0.29, 0.717) is 13.0 Å². The van der Waals surface area contributed by atoms with Gasteiger partial charge in [0.25, 0.3) is 0 Å². The van der Waals surface area contributed by atoms with Gasteiger partial charge in [0.15, 0.2) is 6.54 Å². The quantitative estimate of drug-likeness (QED) is 0.455. The van der Waals surface area contributed by atoms with Crippen LogP contribution in [-0.4, -0.2) is 32.1 Å². The van der Waals surface area contributed by atoms with E-state index in [4.69, 9.17) is 4.74 Å². The SMILES string of the molecule is COc1cc2c(cc1SC)sc(C)[n+]2CCCS(=O)(=O)[O-]. The third-order valence-electron chi connectivity index (χ3n) is 3.17. The van der Waals surface area contributed by atoms with Crippen molar-refractivity contribution in [2.75, 3.05) is 19.1 Å². The molecule has 0 unspecified atom stereocenters. The van der Waals surface area contributed by atoms with Crippen molar-refractivity contribution < 1.29 is 22.3 Å². The van der Waals surface area contributed by atoms with Crippen molar-refractivity contribution in [2.45, 2.75) is 24.8 Å². The molecular weight excluding hydrogens is 330 g/mol. The van der Waals surface area contributed by atoms with Crippen LogP contribution in [0.25, 0.3) is 10.2 Å². The van der Waals surface area contributed by atoms with Crippen LogP contribution in [0.3, 0.4) is 0 Å². The predicted molar refractivity (Wildman–Crippen MR) is 84.3 cm³/mol. The highest BCUT2D eigenvalue weighted by atomic mass is 32.2. The van der Waals surface area contributed by atoms with Crippen LogP contribution >= 0.6 is 23.1 Å². The molecule has 1 aromatic carbocycles. The highest BCUT2D eigenvalue weighted by Gasteiger charge is 2.20. The molecule has 116 valence electrons. The van der Waals surface area contributed by atoms with Crippen molar-refractivity contribution in [2.24, 2.45) is 0 Å². The van der Waals surface area contributed by atoms with Gasteiger partial charge >= 0.3 is 0 Å². The fraction of sp³-hybridized carbons (Fsp3) is 0.462. The zero-order chi connectivity index (χ0) is 15.6. The number of ether oxygens (including phenoxy) is 1. The molecule has 0 saturated heterocycles. The van der Waals surface area contributed by atoms with Gasteiger partial charge in [-0.25, -0.2) is 8.42 Å². The number of aryl methyl sites for hydroxylation is 2.